The highest BCUT2D eigenvalue weighted by atomic mass is 16.6. The molecule has 0 rings (SSSR count). The summed E-state index contributed by atoms with van der Waals surface area (Å²) in [6.45, 7) is 6.54. The average Bonchev–Trinajstić information content (AvgIpc) is 3.49. The van der Waals surface area contributed by atoms with E-state index in [1.54, 1.807) is 0 Å². The van der Waals surface area contributed by atoms with Gasteiger partial charge in [0.1, 0.15) is 13.2 Å². The topological polar surface area (TPSA) is 78.9 Å². The molecule has 83 heavy (non-hydrogen) atoms. The Hall–Kier alpha value is -3.41. The minimum atomic E-state index is -0.782. The Morgan fingerprint density at radius 2 is 0.470 bits per heavy atom. The molecule has 0 radical (unpaired) electrons. The van der Waals surface area contributed by atoms with Crippen molar-refractivity contribution in [2.45, 2.75) is 374 Å². The lowest BCUT2D eigenvalue weighted by Gasteiger charge is -2.18. The number of ether oxygens (including phenoxy) is 3. The monoisotopic (exact) mass is 1160 g/mol. The maximum Gasteiger partial charge on any atom is 0.306 e. The van der Waals surface area contributed by atoms with Crippen LogP contribution in [0.4, 0.5) is 0 Å². The Morgan fingerprint density at radius 1 is 0.253 bits per heavy atom. The number of unbranched alkanes of at least 4 members (excludes halogenated alkanes) is 41. The van der Waals surface area contributed by atoms with E-state index >= 15 is 0 Å². The van der Waals surface area contributed by atoms with Crippen LogP contribution < -0.4 is 0 Å². The van der Waals surface area contributed by atoms with Gasteiger partial charge in [0.2, 0.25) is 0 Å². The van der Waals surface area contributed by atoms with Gasteiger partial charge in [-0.2, -0.15) is 0 Å². The molecule has 0 aromatic rings. The van der Waals surface area contributed by atoms with Crippen molar-refractivity contribution in [3.05, 3.63) is 85.1 Å². The largest absolute Gasteiger partial charge is 0.462 e. The molecule has 0 amide bonds. The Labute approximate surface area is 515 Å². The molecule has 6 heteroatoms. The molecule has 0 saturated carbocycles. The number of carbonyl (C=O) groups excluding carboxylic acids is 3. The first-order valence-electron chi connectivity index (χ1n) is 36.1. The first-order chi connectivity index (χ1) is 41.0. The minimum absolute atomic E-state index is 0.0763. The van der Waals surface area contributed by atoms with E-state index in [0.717, 1.165) is 96.3 Å². The maximum absolute atomic E-state index is 13.0. The van der Waals surface area contributed by atoms with Crippen molar-refractivity contribution in [2.24, 2.45) is 0 Å². The fourth-order valence-corrected chi connectivity index (χ4v) is 10.5. The summed E-state index contributed by atoms with van der Waals surface area (Å²) in [5.74, 6) is -0.865. The quantitative estimate of drug-likeness (QED) is 0.0261. The summed E-state index contributed by atoms with van der Waals surface area (Å²) in [6.07, 6.45) is 94.6. The fourth-order valence-electron chi connectivity index (χ4n) is 10.5. The van der Waals surface area contributed by atoms with Gasteiger partial charge in [-0.1, -0.05) is 318 Å². The number of rotatable bonds is 66. The van der Waals surface area contributed by atoms with Crippen LogP contribution >= 0.6 is 0 Å². The molecule has 0 aliphatic heterocycles. The molecule has 1 atom stereocenters. The number of allylic oxidation sites excluding steroid dienone is 14. The van der Waals surface area contributed by atoms with Crippen molar-refractivity contribution in [2.75, 3.05) is 13.2 Å². The van der Waals surface area contributed by atoms with Crippen LogP contribution in [0.25, 0.3) is 0 Å². The molecule has 1 unspecified atom stereocenters. The molecule has 0 aliphatic rings. The van der Waals surface area contributed by atoms with Gasteiger partial charge in [0.05, 0.1) is 0 Å². The first kappa shape index (κ1) is 79.6. The van der Waals surface area contributed by atoms with Gasteiger partial charge in [0.15, 0.2) is 6.10 Å². The van der Waals surface area contributed by atoms with E-state index in [1.165, 1.54) is 231 Å². The molecule has 0 N–H and O–H groups in total. The molecule has 0 heterocycles. The fraction of sp³-hybridized carbons (Fsp3) is 0.779. The zero-order chi connectivity index (χ0) is 59.9. The molecule has 0 fully saturated rings. The lowest BCUT2D eigenvalue weighted by Crippen LogP contribution is -2.30. The number of hydrogen-bond acceptors (Lipinski definition) is 6. The Balaban J connectivity index is 4.28. The van der Waals surface area contributed by atoms with Crippen LogP contribution in [-0.2, 0) is 28.6 Å². The van der Waals surface area contributed by atoms with E-state index in [9.17, 15) is 14.4 Å². The van der Waals surface area contributed by atoms with Gasteiger partial charge < -0.3 is 14.2 Å². The summed E-state index contributed by atoms with van der Waals surface area (Å²) >= 11 is 0. The zero-order valence-electron chi connectivity index (χ0n) is 55.2. The Kier molecular flexibility index (Phi) is 68.2. The van der Waals surface area contributed by atoms with E-state index in [0.29, 0.717) is 19.3 Å². The molecular formula is C77H136O6. The summed E-state index contributed by atoms with van der Waals surface area (Å²) < 4.78 is 17.0. The van der Waals surface area contributed by atoms with Gasteiger partial charge in [0, 0.05) is 19.3 Å². The average molecular weight is 1160 g/mol. The molecule has 0 aromatic heterocycles. The lowest BCUT2D eigenvalue weighted by molar-refractivity contribution is -0.167. The molecule has 0 saturated heterocycles. The summed E-state index contributed by atoms with van der Waals surface area (Å²) in [6, 6.07) is 0. The Morgan fingerprint density at radius 3 is 0.771 bits per heavy atom. The van der Waals surface area contributed by atoms with Gasteiger partial charge in [-0.3, -0.25) is 14.4 Å². The van der Waals surface area contributed by atoms with Crippen LogP contribution in [0.2, 0.25) is 0 Å². The van der Waals surface area contributed by atoms with E-state index in [4.69, 9.17) is 14.2 Å². The van der Waals surface area contributed by atoms with E-state index < -0.39 is 6.10 Å². The van der Waals surface area contributed by atoms with Crippen molar-refractivity contribution in [1.29, 1.82) is 0 Å². The zero-order valence-corrected chi connectivity index (χ0v) is 55.2. The predicted octanol–water partition coefficient (Wildman–Crippen LogP) is 25.0. The third kappa shape index (κ3) is 69.3. The molecule has 0 aliphatic carbocycles. The Bertz CT molecular complexity index is 1570. The second-order valence-electron chi connectivity index (χ2n) is 24.1. The smallest absolute Gasteiger partial charge is 0.306 e. The minimum Gasteiger partial charge on any atom is -0.462 e. The molecule has 0 bridgehead atoms. The number of hydrogen-bond donors (Lipinski definition) is 0. The lowest BCUT2D eigenvalue weighted by atomic mass is 10.0. The van der Waals surface area contributed by atoms with Crippen LogP contribution in [-0.4, -0.2) is 37.2 Å². The van der Waals surface area contributed by atoms with Crippen molar-refractivity contribution >= 4 is 17.9 Å². The van der Waals surface area contributed by atoms with Gasteiger partial charge >= 0.3 is 17.9 Å². The molecule has 6 nitrogen and oxygen atoms in total. The summed E-state index contributed by atoms with van der Waals surface area (Å²) in [7, 11) is 0. The highest BCUT2D eigenvalue weighted by Gasteiger charge is 2.19. The van der Waals surface area contributed by atoms with Crippen molar-refractivity contribution in [3.63, 3.8) is 0 Å². The van der Waals surface area contributed by atoms with Gasteiger partial charge in [0.25, 0.3) is 0 Å². The van der Waals surface area contributed by atoms with Crippen molar-refractivity contribution < 1.29 is 28.6 Å². The van der Waals surface area contributed by atoms with Gasteiger partial charge in [-0.15, -0.1) is 0 Å². The molecule has 0 aromatic carbocycles. The summed E-state index contributed by atoms with van der Waals surface area (Å²) in [4.78, 5) is 38.5. The SMILES string of the molecule is CC/C=C\C/C=C\C/C=C\C/C=C\CCCCCCCCCCCCCCCCCCC(=O)OCC(COC(=O)CCCCCCCCC/C=C\C/C=C\CCCCC)OC(=O)CCCCCCCCCCC/C=C\CCCCCCCC. The third-order valence-corrected chi connectivity index (χ3v) is 15.9. The van der Waals surface area contributed by atoms with E-state index in [2.05, 4.69) is 106 Å². The van der Waals surface area contributed by atoms with Crippen LogP contribution in [0.1, 0.15) is 367 Å². The van der Waals surface area contributed by atoms with Crippen LogP contribution in [0.3, 0.4) is 0 Å². The highest BCUT2D eigenvalue weighted by Crippen LogP contribution is 2.18. The highest BCUT2D eigenvalue weighted by molar-refractivity contribution is 5.71. The van der Waals surface area contributed by atoms with Gasteiger partial charge in [-0.25, -0.2) is 0 Å². The summed E-state index contributed by atoms with van der Waals surface area (Å²) in [5.41, 5.74) is 0. The standard InChI is InChI=1S/C77H136O6/c1-4-7-10-13-16-19-22-25-28-31-33-34-35-36-37-38-39-40-41-42-44-46-49-52-55-58-61-64-67-70-76(79)82-73-74(72-81-75(78)69-66-63-60-57-54-51-48-45-30-27-24-21-18-15-12-9-6-3)83-77(80)71-68-65-62-59-56-53-50-47-43-32-29-26-23-20-17-14-11-8-5-2/h7,10,16,18-19,21,25-30,33-34,74H,4-6,8-9,11-15,17,20,22-24,31-32,35-73H2,1-3H3/b10-7-,19-16-,21-18-,28-25-,29-26-,30-27-,34-33-. The first-order valence-corrected chi connectivity index (χ1v) is 36.1. The maximum atomic E-state index is 13.0. The van der Waals surface area contributed by atoms with Crippen LogP contribution in [0.15, 0.2) is 85.1 Å². The van der Waals surface area contributed by atoms with Crippen molar-refractivity contribution in [3.8, 4) is 0 Å². The van der Waals surface area contributed by atoms with Crippen molar-refractivity contribution in [1.82, 2.24) is 0 Å². The predicted molar refractivity (Wildman–Crippen MR) is 362 cm³/mol. The van der Waals surface area contributed by atoms with E-state index in [-0.39, 0.29) is 31.1 Å². The summed E-state index contributed by atoms with van der Waals surface area (Å²) in [5, 5.41) is 0. The third-order valence-electron chi connectivity index (χ3n) is 15.9. The second kappa shape index (κ2) is 71.1. The van der Waals surface area contributed by atoms with Crippen LogP contribution in [0.5, 0.6) is 0 Å². The van der Waals surface area contributed by atoms with E-state index in [1.807, 2.05) is 0 Å². The van der Waals surface area contributed by atoms with Gasteiger partial charge in [-0.05, 0) is 116 Å². The normalized spacial score (nSPS) is 12.6. The second-order valence-corrected chi connectivity index (χ2v) is 24.1. The van der Waals surface area contributed by atoms with Crippen LogP contribution in [0, 0.1) is 0 Å². The molecule has 480 valence electrons. The number of carbonyl (C=O) groups is 3. The number of esters is 3. The molecule has 0 spiro atoms. The molecular weight excluding hydrogens is 1020 g/mol.